The Labute approximate surface area is 195 Å². The molecule has 0 fully saturated rings. The van der Waals surface area contributed by atoms with Crippen molar-refractivity contribution < 1.29 is 9.53 Å². The van der Waals surface area contributed by atoms with Gasteiger partial charge in [-0.2, -0.15) is 0 Å². The van der Waals surface area contributed by atoms with Crippen molar-refractivity contribution in [2.24, 2.45) is 0 Å². The van der Waals surface area contributed by atoms with Crippen molar-refractivity contribution in [2.45, 2.75) is 78.7 Å². The lowest BCUT2D eigenvalue weighted by Gasteiger charge is -2.24. The molecule has 0 saturated heterocycles. The first-order chi connectivity index (χ1) is 15.9. The molecule has 1 amide bonds. The van der Waals surface area contributed by atoms with Gasteiger partial charge in [-0.25, -0.2) is 4.79 Å². The number of ether oxygens (including phenoxy) is 1. The molecule has 33 heavy (non-hydrogen) atoms. The van der Waals surface area contributed by atoms with Crippen LogP contribution in [0, 0.1) is 6.92 Å². The maximum atomic E-state index is 13.1. The van der Waals surface area contributed by atoms with Gasteiger partial charge in [0.25, 0.3) is 5.56 Å². The normalized spacial score (nSPS) is 10.9. The average molecular weight is 459 g/mol. The number of H-pyrrole nitrogens is 1. The van der Waals surface area contributed by atoms with Crippen molar-refractivity contribution >= 4 is 17.4 Å². The Hall–Kier alpha value is -3.03. The van der Waals surface area contributed by atoms with Gasteiger partial charge >= 0.3 is 5.69 Å². The number of carbonyl (C=O) groups excluding carboxylic acids is 1. The highest BCUT2D eigenvalue weighted by Crippen LogP contribution is 2.20. The lowest BCUT2D eigenvalue weighted by Crippen LogP contribution is -2.41. The third-order valence-electron chi connectivity index (χ3n) is 5.55. The molecule has 0 aliphatic carbocycles. The first kappa shape index (κ1) is 26.2. The first-order valence-corrected chi connectivity index (χ1v) is 12.0. The highest BCUT2D eigenvalue weighted by atomic mass is 16.5. The number of nitrogens with two attached hydrogens (primary N) is 1. The number of amides is 1. The van der Waals surface area contributed by atoms with Crippen LogP contribution < -0.4 is 26.6 Å². The fraction of sp³-hybridized carbons (Fsp3) is 0.560. The van der Waals surface area contributed by atoms with Crippen LogP contribution in [0.3, 0.4) is 0 Å². The van der Waals surface area contributed by atoms with Crippen LogP contribution in [0.1, 0.15) is 70.8 Å². The van der Waals surface area contributed by atoms with E-state index in [1.54, 1.807) is 0 Å². The zero-order valence-corrected chi connectivity index (χ0v) is 20.2. The SMILES string of the molecule is CCCCCN(C(=O)CCCCOc1cccc(C)c1)c1c(N)n(CCCC)c(=O)[nH]c1=O. The predicted molar refractivity (Wildman–Crippen MR) is 133 cm³/mol. The smallest absolute Gasteiger partial charge is 0.330 e. The molecule has 2 aromatic rings. The van der Waals surface area contributed by atoms with Gasteiger partial charge in [-0.3, -0.25) is 19.1 Å². The summed E-state index contributed by atoms with van der Waals surface area (Å²) in [6.45, 7) is 7.40. The minimum Gasteiger partial charge on any atom is -0.494 e. The molecule has 0 atom stereocenters. The molecule has 0 spiro atoms. The molecular weight excluding hydrogens is 420 g/mol. The second-order valence-electron chi connectivity index (χ2n) is 8.37. The molecule has 1 aromatic heterocycles. The molecule has 1 heterocycles. The molecule has 1 aromatic carbocycles. The van der Waals surface area contributed by atoms with Crippen LogP contribution >= 0.6 is 0 Å². The maximum absolute atomic E-state index is 13.1. The Bertz CT molecular complexity index is 1010. The number of anilines is 2. The molecule has 3 N–H and O–H groups in total. The standard InChI is InChI=1S/C25H38N4O4/c1-4-6-9-16-28(22-23(26)29(15-7-5-2)25(32)27-24(22)31)21(30)14-8-10-17-33-20-13-11-12-19(3)18-20/h11-13,18H,4-10,14-17,26H2,1-3H3,(H,27,31,32). The molecule has 8 nitrogen and oxygen atoms in total. The van der Waals surface area contributed by atoms with Gasteiger partial charge in [-0.05, 0) is 50.3 Å². The van der Waals surface area contributed by atoms with Crippen LogP contribution in [0.15, 0.2) is 33.9 Å². The van der Waals surface area contributed by atoms with Gasteiger partial charge in [0, 0.05) is 19.5 Å². The summed E-state index contributed by atoms with van der Waals surface area (Å²) in [5.74, 6) is 0.709. The Morgan fingerprint density at radius 1 is 1.09 bits per heavy atom. The van der Waals surface area contributed by atoms with Gasteiger partial charge in [0.15, 0.2) is 5.69 Å². The lowest BCUT2D eigenvalue weighted by atomic mass is 10.2. The minimum atomic E-state index is -0.613. The second kappa shape index (κ2) is 13.5. The number of nitrogens with one attached hydrogen (secondary N) is 1. The fourth-order valence-electron chi connectivity index (χ4n) is 3.67. The van der Waals surface area contributed by atoms with Gasteiger partial charge in [-0.15, -0.1) is 0 Å². The first-order valence-electron chi connectivity index (χ1n) is 12.0. The van der Waals surface area contributed by atoms with Crippen LogP contribution in [0.4, 0.5) is 11.5 Å². The summed E-state index contributed by atoms with van der Waals surface area (Å²) in [4.78, 5) is 41.9. The van der Waals surface area contributed by atoms with E-state index < -0.39 is 11.2 Å². The summed E-state index contributed by atoms with van der Waals surface area (Å²) < 4.78 is 7.12. The molecule has 0 aliphatic rings. The average Bonchev–Trinajstić information content (AvgIpc) is 2.77. The third kappa shape index (κ3) is 7.80. The van der Waals surface area contributed by atoms with E-state index >= 15 is 0 Å². The molecule has 0 saturated carbocycles. The van der Waals surface area contributed by atoms with E-state index in [9.17, 15) is 14.4 Å². The maximum Gasteiger partial charge on any atom is 0.330 e. The molecule has 0 bridgehead atoms. The van der Waals surface area contributed by atoms with Gasteiger partial charge in [0.2, 0.25) is 5.91 Å². The summed E-state index contributed by atoms with van der Waals surface area (Å²) in [5, 5.41) is 0. The number of carbonyl (C=O) groups is 1. The number of hydrogen-bond acceptors (Lipinski definition) is 5. The number of hydrogen-bond donors (Lipinski definition) is 2. The monoisotopic (exact) mass is 458 g/mol. The number of rotatable bonds is 14. The quantitative estimate of drug-likeness (QED) is 0.416. The number of aromatic amines is 1. The van der Waals surface area contributed by atoms with E-state index in [0.29, 0.717) is 32.5 Å². The Morgan fingerprint density at radius 3 is 2.55 bits per heavy atom. The van der Waals surface area contributed by atoms with Crippen molar-refractivity contribution in [1.29, 1.82) is 0 Å². The van der Waals surface area contributed by atoms with Crippen LogP contribution in [0.25, 0.3) is 0 Å². The molecule has 0 radical (unpaired) electrons. The van der Waals surface area contributed by atoms with E-state index in [-0.39, 0.29) is 23.8 Å². The zero-order chi connectivity index (χ0) is 24.2. The van der Waals surface area contributed by atoms with Gasteiger partial charge in [0.05, 0.1) is 6.61 Å². The summed E-state index contributed by atoms with van der Waals surface area (Å²) in [5.41, 5.74) is 6.32. The van der Waals surface area contributed by atoms with Gasteiger partial charge in [-0.1, -0.05) is 45.2 Å². The topological polar surface area (TPSA) is 110 Å². The lowest BCUT2D eigenvalue weighted by molar-refractivity contribution is -0.118. The number of unbranched alkanes of at least 4 members (excludes halogenated alkanes) is 4. The van der Waals surface area contributed by atoms with Gasteiger partial charge < -0.3 is 15.4 Å². The fourth-order valence-corrected chi connectivity index (χ4v) is 3.67. The van der Waals surface area contributed by atoms with Crippen LogP contribution in [-0.2, 0) is 11.3 Å². The van der Waals surface area contributed by atoms with Crippen molar-refractivity contribution in [3.63, 3.8) is 0 Å². The van der Waals surface area contributed by atoms with E-state index in [2.05, 4.69) is 11.9 Å². The molecule has 0 aliphatic heterocycles. The van der Waals surface area contributed by atoms with E-state index in [1.165, 1.54) is 9.47 Å². The largest absolute Gasteiger partial charge is 0.494 e. The molecule has 2 rings (SSSR count). The third-order valence-corrected chi connectivity index (χ3v) is 5.55. The van der Waals surface area contributed by atoms with E-state index in [4.69, 9.17) is 10.5 Å². The molecule has 0 unspecified atom stereocenters. The Kier molecular flexibility index (Phi) is 10.7. The Morgan fingerprint density at radius 2 is 1.85 bits per heavy atom. The Balaban J connectivity index is 2.09. The summed E-state index contributed by atoms with van der Waals surface area (Å²) in [6.07, 6.45) is 5.92. The van der Waals surface area contributed by atoms with Crippen molar-refractivity contribution in [3.05, 3.63) is 50.7 Å². The van der Waals surface area contributed by atoms with E-state index in [0.717, 1.165) is 43.4 Å². The molecular formula is C25H38N4O4. The number of nitrogen functional groups attached to an aromatic ring is 1. The minimum absolute atomic E-state index is 0.0600. The number of benzene rings is 1. The second-order valence-corrected chi connectivity index (χ2v) is 8.37. The summed E-state index contributed by atoms with van der Waals surface area (Å²) in [7, 11) is 0. The zero-order valence-electron chi connectivity index (χ0n) is 20.2. The van der Waals surface area contributed by atoms with Gasteiger partial charge in [0.1, 0.15) is 11.6 Å². The molecule has 182 valence electrons. The number of aryl methyl sites for hydroxylation is 1. The van der Waals surface area contributed by atoms with Crippen LogP contribution in [-0.4, -0.2) is 28.6 Å². The highest BCUT2D eigenvalue weighted by molar-refractivity contribution is 5.95. The number of nitrogens with zero attached hydrogens (tertiary/aromatic N) is 2. The molecule has 8 heteroatoms. The number of aromatic nitrogens is 2. The van der Waals surface area contributed by atoms with Crippen LogP contribution in [0.2, 0.25) is 0 Å². The summed E-state index contributed by atoms with van der Waals surface area (Å²) >= 11 is 0. The van der Waals surface area contributed by atoms with Crippen LogP contribution in [0.5, 0.6) is 5.75 Å². The van der Waals surface area contributed by atoms with E-state index in [1.807, 2.05) is 38.1 Å². The highest BCUT2D eigenvalue weighted by Gasteiger charge is 2.23. The van der Waals surface area contributed by atoms with Crippen molar-refractivity contribution in [2.75, 3.05) is 23.8 Å². The van der Waals surface area contributed by atoms with Crippen molar-refractivity contribution in [1.82, 2.24) is 9.55 Å². The van der Waals surface area contributed by atoms with Crippen molar-refractivity contribution in [3.8, 4) is 5.75 Å². The summed E-state index contributed by atoms with van der Waals surface area (Å²) in [6, 6.07) is 7.85. The predicted octanol–water partition coefficient (Wildman–Crippen LogP) is 4.00.